The van der Waals surface area contributed by atoms with E-state index in [0.29, 0.717) is 16.9 Å². The number of nitrogens with two attached hydrogens (primary N) is 1. The molecule has 9 heteroatoms. The first-order valence-electron chi connectivity index (χ1n) is 6.76. The molecule has 8 nitrogen and oxygen atoms in total. The Kier molecular flexibility index (Phi) is 4.94. The molecule has 0 saturated heterocycles. The Labute approximate surface area is 128 Å². The summed E-state index contributed by atoms with van der Waals surface area (Å²) < 4.78 is 0. The highest BCUT2D eigenvalue weighted by atomic mass is 32.2. The highest BCUT2D eigenvalue weighted by molar-refractivity contribution is 7.99. The first kappa shape index (κ1) is 15.5. The second-order valence-corrected chi connectivity index (χ2v) is 6.13. The Morgan fingerprint density at radius 2 is 2.00 bits per heavy atom. The van der Waals surface area contributed by atoms with Crippen LogP contribution in [0.15, 0.2) is 5.16 Å². The van der Waals surface area contributed by atoms with Crippen molar-refractivity contribution in [3.8, 4) is 0 Å². The summed E-state index contributed by atoms with van der Waals surface area (Å²) in [4.78, 5) is 18.9. The molecule has 3 N–H and O–H groups in total. The van der Waals surface area contributed by atoms with E-state index in [4.69, 9.17) is 5.73 Å². The summed E-state index contributed by atoms with van der Waals surface area (Å²) in [5.74, 6) is 2.29. The number of aromatic amines is 1. The van der Waals surface area contributed by atoms with Gasteiger partial charge in [0.15, 0.2) is 0 Å². The molecule has 2 rings (SSSR count). The van der Waals surface area contributed by atoms with Crippen LogP contribution in [0.4, 0.5) is 11.9 Å². The van der Waals surface area contributed by atoms with E-state index in [0.717, 1.165) is 18.7 Å². The maximum atomic E-state index is 5.74. The van der Waals surface area contributed by atoms with E-state index in [-0.39, 0.29) is 11.2 Å². The molecule has 21 heavy (non-hydrogen) atoms. The predicted octanol–water partition coefficient (Wildman–Crippen LogP) is 1.44. The molecule has 0 aliphatic heterocycles. The van der Waals surface area contributed by atoms with Gasteiger partial charge < -0.3 is 10.6 Å². The van der Waals surface area contributed by atoms with E-state index in [9.17, 15) is 0 Å². The standard InChI is InChI=1S/C12H20N8S/c1-5-6-8-14-12(19-18-8)21-7(2)9-15-10(13)17-11(16-9)20(3)4/h7H,5-6H2,1-4H3,(H,14,18,19)(H2,13,15,16,17)/t7-/m0/s1. The average molecular weight is 308 g/mol. The normalized spacial score (nSPS) is 12.4. The number of nitrogens with zero attached hydrogens (tertiary/aromatic N) is 6. The van der Waals surface area contributed by atoms with E-state index < -0.39 is 0 Å². The van der Waals surface area contributed by atoms with Gasteiger partial charge in [-0.25, -0.2) is 4.98 Å². The van der Waals surface area contributed by atoms with Crippen LogP contribution >= 0.6 is 11.8 Å². The zero-order chi connectivity index (χ0) is 15.4. The highest BCUT2D eigenvalue weighted by Crippen LogP contribution is 2.31. The van der Waals surface area contributed by atoms with Gasteiger partial charge in [0, 0.05) is 20.5 Å². The van der Waals surface area contributed by atoms with Crippen molar-refractivity contribution >= 4 is 23.7 Å². The third kappa shape index (κ3) is 4.03. The van der Waals surface area contributed by atoms with E-state index in [1.165, 1.54) is 11.8 Å². The number of nitrogen functional groups attached to an aromatic ring is 1. The third-order valence-corrected chi connectivity index (χ3v) is 3.66. The second-order valence-electron chi connectivity index (χ2n) is 4.82. The maximum absolute atomic E-state index is 5.74. The summed E-state index contributed by atoms with van der Waals surface area (Å²) in [5.41, 5.74) is 5.74. The lowest BCUT2D eigenvalue weighted by Gasteiger charge is -2.13. The van der Waals surface area contributed by atoms with Gasteiger partial charge in [0.2, 0.25) is 17.1 Å². The van der Waals surface area contributed by atoms with Crippen LogP contribution in [-0.4, -0.2) is 44.2 Å². The number of thioether (sulfide) groups is 1. The van der Waals surface area contributed by atoms with Gasteiger partial charge in [0.1, 0.15) is 11.6 Å². The summed E-state index contributed by atoms with van der Waals surface area (Å²) in [7, 11) is 3.73. The molecule has 0 unspecified atom stereocenters. The lowest BCUT2D eigenvalue weighted by Crippen LogP contribution is -2.16. The van der Waals surface area contributed by atoms with Crippen molar-refractivity contribution in [2.24, 2.45) is 0 Å². The van der Waals surface area contributed by atoms with Crippen LogP contribution in [0, 0.1) is 0 Å². The molecular weight excluding hydrogens is 288 g/mol. The number of anilines is 2. The summed E-state index contributed by atoms with van der Waals surface area (Å²) in [6.45, 7) is 4.10. The molecule has 0 fully saturated rings. The summed E-state index contributed by atoms with van der Waals surface area (Å²) >= 11 is 1.49. The average Bonchev–Trinajstić information content (AvgIpc) is 2.85. The van der Waals surface area contributed by atoms with Crippen LogP contribution in [-0.2, 0) is 6.42 Å². The molecule has 0 saturated carbocycles. The monoisotopic (exact) mass is 308 g/mol. The van der Waals surface area contributed by atoms with Gasteiger partial charge in [0.05, 0.1) is 5.25 Å². The number of rotatable bonds is 6. The summed E-state index contributed by atoms with van der Waals surface area (Å²) in [6, 6.07) is 0. The minimum atomic E-state index is -0.0146. The predicted molar refractivity (Wildman–Crippen MR) is 83.2 cm³/mol. The fourth-order valence-corrected chi connectivity index (χ4v) is 2.46. The number of aromatic nitrogens is 6. The molecule has 114 valence electrons. The van der Waals surface area contributed by atoms with Crippen LogP contribution < -0.4 is 10.6 Å². The van der Waals surface area contributed by atoms with Crippen molar-refractivity contribution in [2.45, 2.75) is 37.1 Å². The minimum Gasteiger partial charge on any atom is -0.368 e. The number of hydrogen-bond donors (Lipinski definition) is 2. The number of hydrogen-bond acceptors (Lipinski definition) is 8. The van der Waals surface area contributed by atoms with Gasteiger partial charge in [-0.3, -0.25) is 5.10 Å². The fraction of sp³-hybridized carbons (Fsp3) is 0.583. The Balaban J connectivity index is 2.13. The summed E-state index contributed by atoms with van der Waals surface area (Å²) in [5, 5.41) is 7.81. The van der Waals surface area contributed by atoms with Crippen molar-refractivity contribution in [1.29, 1.82) is 0 Å². The fourth-order valence-electron chi connectivity index (χ4n) is 1.67. The molecule has 0 aliphatic carbocycles. The Hall–Kier alpha value is -1.90. The molecule has 0 spiro atoms. The highest BCUT2D eigenvalue weighted by Gasteiger charge is 2.16. The zero-order valence-corrected chi connectivity index (χ0v) is 13.5. The zero-order valence-electron chi connectivity index (χ0n) is 12.7. The van der Waals surface area contributed by atoms with E-state index in [1.54, 1.807) is 4.90 Å². The van der Waals surface area contributed by atoms with Gasteiger partial charge in [-0.1, -0.05) is 18.7 Å². The molecule has 2 heterocycles. The van der Waals surface area contributed by atoms with Crippen LogP contribution in [0.5, 0.6) is 0 Å². The first-order chi connectivity index (χ1) is 9.99. The van der Waals surface area contributed by atoms with E-state index >= 15 is 0 Å². The van der Waals surface area contributed by atoms with Crippen LogP contribution in [0.1, 0.15) is 37.2 Å². The van der Waals surface area contributed by atoms with Gasteiger partial charge in [-0.2, -0.15) is 15.0 Å². The topological polar surface area (TPSA) is 110 Å². The number of nitrogens with one attached hydrogen (secondary N) is 1. The van der Waals surface area contributed by atoms with Crippen molar-refractivity contribution in [2.75, 3.05) is 24.7 Å². The minimum absolute atomic E-state index is 0.0146. The van der Waals surface area contributed by atoms with Crippen LogP contribution in [0.2, 0.25) is 0 Å². The molecule has 0 aliphatic rings. The Morgan fingerprint density at radius 3 is 2.67 bits per heavy atom. The molecule has 0 amide bonds. The Morgan fingerprint density at radius 1 is 1.24 bits per heavy atom. The summed E-state index contributed by atoms with van der Waals surface area (Å²) in [6.07, 6.45) is 1.93. The second kappa shape index (κ2) is 6.70. The molecular formula is C12H20N8S. The Bertz CT molecular complexity index is 597. The van der Waals surface area contributed by atoms with Gasteiger partial charge >= 0.3 is 0 Å². The van der Waals surface area contributed by atoms with Gasteiger partial charge in [0.25, 0.3) is 0 Å². The van der Waals surface area contributed by atoms with Crippen molar-refractivity contribution in [1.82, 2.24) is 30.1 Å². The maximum Gasteiger partial charge on any atom is 0.229 e. The lowest BCUT2D eigenvalue weighted by atomic mass is 10.3. The SMILES string of the molecule is CCCc1nc(S[C@@H](C)c2nc(N)nc(N(C)C)n2)n[nH]1. The quantitative estimate of drug-likeness (QED) is 0.771. The van der Waals surface area contributed by atoms with Gasteiger partial charge in [-0.05, 0) is 13.3 Å². The third-order valence-electron chi connectivity index (χ3n) is 2.70. The molecule has 0 radical (unpaired) electrons. The van der Waals surface area contributed by atoms with Crippen molar-refractivity contribution in [3.63, 3.8) is 0 Å². The van der Waals surface area contributed by atoms with Crippen LogP contribution in [0.25, 0.3) is 0 Å². The van der Waals surface area contributed by atoms with Crippen molar-refractivity contribution in [3.05, 3.63) is 11.6 Å². The molecule has 2 aromatic heterocycles. The smallest absolute Gasteiger partial charge is 0.229 e. The van der Waals surface area contributed by atoms with Crippen LogP contribution in [0.3, 0.4) is 0 Å². The molecule has 2 aromatic rings. The number of aryl methyl sites for hydroxylation is 1. The lowest BCUT2D eigenvalue weighted by molar-refractivity contribution is 0.840. The molecule has 0 bridgehead atoms. The molecule has 0 aromatic carbocycles. The molecule has 1 atom stereocenters. The number of H-pyrrole nitrogens is 1. The van der Waals surface area contributed by atoms with E-state index in [2.05, 4.69) is 37.1 Å². The van der Waals surface area contributed by atoms with E-state index in [1.807, 2.05) is 21.0 Å². The van der Waals surface area contributed by atoms with Crippen molar-refractivity contribution < 1.29 is 0 Å². The van der Waals surface area contributed by atoms with Gasteiger partial charge in [-0.15, -0.1) is 5.10 Å². The largest absolute Gasteiger partial charge is 0.368 e. The first-order valence-corrected chi connectivity index (χ1v) is 7.64.